The van der Waals surface area contributed by atoms with Crippen LogP contribution in [0.3, 0.4) is 0 Å². The van der Waals surface area contributed by atoms with Gasteiger partial charge in [-0.25, -0.2) is 0 Å². The molecule has 0 aromatic heterocycles. The van der Waals surface area contributed by atoms with Gasteiger partial charge in [-0.15, -0.1) is 24.8 Å². The van der Waals surface area contributed by atoms with Crippen LogP contribution in [0.4, 0.5) is 13.2 Å². The molecule has 0 bridgehead atoms. The Bertz CT molecular complexity index is 182. The second kappa shape index (κ2) is 4.68. The number of rotatable bonds is 6. The Balaban J connectivity index is 1.95. The van der Waals surface area contributed by atoms with Crippen molar-refractivity contribution in [3.05, 3.63) is 0 Å². The average molecular weight is 232 g/mol. The summed E-state index contributed by atoms with van der Waals surface area (Å²) >= 11 is 5.69. The Morgan fingerprint density at radius 1 is 1.36 bits per heavy atom. The molecule has 1 aliphatic rings. The van der Waals surface area contributed by atoms with Crippen LogP contribution in [0.15, 0.2) is 0 Å². The molecule has 84 valence electrons. The molecule has 1 saturated carbocycles. The first-order valence-corrected chi connectivity index (χ1v) is 4.98. The summed E-state index contributed by atoms with van der Waals surface area (Å²) in [5.74, 6) is 0.570. The number of halogens is 4. The molecular weight excluding hydrogens is 219 g/mol. The smallest absolute Gasteiger partial charge is 0.314 e. The van der Waals surface area contributed by atoms with E-state index in [1.165, 1.54) is 0 Å². The Kier molecular flexibility index (Phi) is 4.04. The Hall–Kier alpha value is 0. The van der Waals surface area contributed by atoms with Gasteiger partial charge in [0.15, 0.2) is 0 Å². The predicted molar refractivity (Wildman–Crippen MR) is 47.3 cm³/mol. The van der Waals surface area contributed by atoms with Crippen LogP contribution in [0.5, 0.6) is 0 Å². The zero-order chi connectivity index (χ0) is 10.7. The SMILES string of the molecule is FC(F)(F)OCCNCC1(CCl)CC1. The van der Waals surface area contributed by atoms with Crippen LogP contribution in [0.2, 0.25) is 0 Å². The quantitative estimate of drug-likeness (QED) is 0.559. The highest BCUT2D eigenvalue weighted by molar-refractivity contribution is 6.18. The van der Waals surface area contributed by atoms with Gasteiger partial charge in [-0.2, -0.15) is 0 Å². The number of nitrogens with one attached hydrogen (secondary N) is 1. The van der Waals surface area contributed by atoms with Crippen molar-refractivity contribution in [2.45, 2.75) is 19.2 Å². The van der Waals surface area contributed by atoms with Crippen LogP contribution in [0.25, 0.3) is 0 Å². The molecule has 2 nitrogen and oxygen atoms in total. The molecule has 0 saturated heterocycles. The number of hydrogen-bond acceptors (Lipinski definition) is 2. The van der Waals surface area contributed by atoms with Gasteiger partial charge in [0, 0.05) is 19.0 Å². The highest BCUT2D eigenvalue weighted by atomic mass is 35.5. The minimum atomic E-state index is -4.52. The van der Waals surface area contributed by atoms with E-state index in [0.29, 0.717) is 12.4 Å². The molecule has 0 atom stereocenters. The van der Waals surface area contributed by atoms with E-state index < -0.39 is 6.36 Å². The van der Waals surface area contributed by atoms with Crippen LogP contribution >= 0.6 is 11.6 Å². The van der Waals surface area contributed by atoms with E-state index in [2.05, 4.69) is 10.1 Å². The van der Waals surface area contributed by atoms with Crippen molar-refractivity contribution >= 4 is 11.6 Å². The van der Waals surface area contributed by atoms with E-state index in [1.807, 2.05) is 0 Å². The fourth-order valence-corrected chi connectivity index (χ4v) is 1.49. The Morgan fingerprint density at radius 2 is 2.00 bits per heavy atom. The van der Waals surface area contributed by atoms with Gasteiger partial charge in [0.25, 0.3) is 0 Å². The normalized spacial score (nSPS) is 19.7. The monoisotopic (exact) mass is 231 g/mol. The number of hydrogen-bond donors (Lipinski definition) is 1. The molecule has 0 heterocycles. The second-order valence-electron chi connectivity index (χ2n) is 3.60. The van der Waals surface area contributed by atoms with Crippen molar-refractivity contribution in [1.82, 2.24) is 5.32 Å². The van der Waals surface area contributed by atoms with Crippen LogP contribution < -0.4 is 5.32 Å². The number of ether oxygens (including phenoxy) is 1. The van der Waals surface area contributed by atoms with E-state index in [4.69, 9.17) is 11.6 Å². The van der Waals surface area contributed by atoms with Gasteiger partial charge >= 0.3 is 6.36 Å². The van der Waals surface area contributed by atoms with Crippen molar-refractivity contribution < 1.29 is 17.9 Å². The zero-order valence-corrected chi connectivity index (χ0v) is 8.42. The molecule has 0 amide bonds. The summed E-state index contributed by atoms with van der Waals surface area (Å²) in [6.45, 7) is 0.539. The van der Waals surface area contributed by atoms with Crippen molar-refractivity contribution in [3.63, 3.8) is 0 Å². The van der Waals surface area contributed by atoms with E-state index in [9.17, 15) is 13.2 Å². The molecule has 1 rings (SSSR count). The molecule has 6 heteroatoms. The third-order valence-corrected chi connectivity index (χ3v) is 2.85. The standard InChI is InChI=1S/C8H13ClF3NO/c9-5-7(1-2-7)6-13-3-4-14-8(10,11)12/h13H,1-6H2. The third-order valence-electron chi connectivity index (χ3n) is 2.29. The summed E-state index contributed by atoms with van der Waals surface area (Å²) in [4.78, 5) is 0. The van der Waals surface area contributed by atoms with Crippen molar-refractivity contribution in [3.8, 4) is 0 Å². The lowest BCUT2D eigenvalue weighted by Crippen LogP contribution is -2.29. The molecule has 0 spiro atoms. The zero-order valence-electron chi connectivity index (χ0n) is 7.66. The molecule has 1 aliphatic carbocycles. The predicted octanol–water partition coefficient (Wildman–Crippen LogP) is 2.13. The molecule has 0 radical (unpaired) electrons. The van der Waals surface area contributed by atoms with E-state index in [1.54, 1.807) is 0 Å². The second-order valence-corrected chi connectivity index (χ2v) is 3.87. The Labute approximate surface area is 85.8 Å². The lowest BCUT2D eigenvalue weighted by Gasteiger charge is -2.12. The van der Waals surface area contributed by atoms with E-state index in [0.717, 1.165) is 12.8 Å². The maximum atomic E-state index is 11.5. The first-order valence-electron chi connectivity index (χ1n) is 4.45. The summed E-state index contributed by atoms with van der Waals surface area (Å²) in [6.07, 6.45) is -2.40. The van der Waals surface area contributed by atoms with Gasteiger partial charge in [0.1, 0.15) is 0 Å². The first kappa shape index (κ1) is 12.1. The Morgan fingerprint density at radius 3 is 2.43 bits per heavy atom. The molecular formula is C8H13ClF3NO. The van der Waals surface area contributed by atoms with Crippen LogP contribution in [0, 0.1) is 5.41 Å². The first-order chi connectivity index (χ1) is 6.47. The van der Waals surface area contributed by atoms with Crippen molar-refractivity contribution in [2.24, 2.45) is 5.41 Å². The van der Waals surface area contributed by atoms with Crippen LogP contribution in [0.1, 0.15) is 12.8 Å². The van der Waals surface area contributed by atoms with Gasteiger partial charge in [-0.1, -0.05) is 0 Å². The number of alkyl halides is 4. The van der Waals surface area contributed by atoms with Gasteiger partial charge in [0.2, 0.25) is 0 Å². The summed E-state index contributed by atoms with van der Waals surface area (Å²) in [5.41, 5.74) is 0.139. The van der Waals surface area contributed by atoms with E-state index >= 15 is 0 Å². The summed E-state index contributed by atoms with van der Waals surface area (Å²) in [5, 5.41) is 2.90. The topological polar surface area (TPSA) is 21.3 Å². The fraction of sp³-hybridized carbons (Fsp3) is 1.00. The minimum absolute atomic E-state index is 0.139. The molecule has 0 aromatic carbocycles. The summed E-state index contributed by atoms with van der Waals surface area (Å²) < 4.78 is 38.2. The van der Waals surface area contributed by atoms with Gasteiger partial charge in [0.05, 0.1) is 6.61 Å². The minimum Gasteiger partial charge on any atom is -0.314 e. The largest absolute Gasteiger partial charge is 0.522 e. The molecule has 14 heavy (non-hydrogen) atoms. The molecule has 1 N–H and O–H groups in total. The van der Waals surface area contributed by atoms with Crippen LogP contribution in [-0.2, 0) is 4.74 Å². The van der Waals surface area contributed by atoms with Gasteiger partial charge < -0.3 is 5.32 Å². The lowest BCUT2D eigenvalue weighted by molar-refractivity contribution is -0.323. The third kappa shape index (κ3) is 4.48. The maximum Gasteiger partial charge on any atom is 0.522 e. The molecule has 0 aromatic rings. The molecule has 0 aliphatic heterocycles. The van der Waals surface area contributed by atoms with Crippen molar-refractivity contribution in [2.75, 3.05) is 25.6 Å². The summed E-state index contributed by atoms with van der Waals surface area (Å²) in [7, 11) is 0. The van der Waals surface area contributed by atoms with Crippen LogP contribution in [-0.4, -0.2) is 31.9 Å². The highest BCUT2D eigenvalue weighted by Gasteiger charge is 2.41. The lowest BCUT2D eigenvalue weighted by atomic mass is 10.1. The average Bonchev–Trinajstić information content (AvgIpc) is 2.83. The summed E-state index contributed by atoms with van der Waals surface area (Å²) in [6, 6.07) is 0. The fourth-order valence-electron chi connectivity index (χ4n) is 1.13. The van der Waals surface area contributed by atoms with E-state index in [-0.39, 0.29) is 18.6 Å². The highest BCUT2D eigenvalue weighted by Crippen LogP contribution is 2.45. The van der Waals surface area contributed by atoms with Gasteiger partial charge in [-0.3, -0.25) is 4.74 Å². The molecule has 0 unspecified atom stereocenters. The molecule has 1 fully saturated rings. The maximum absolute atomic E-state index is 11.5. The van der Waals surface area contributed by atoms with Gasteiger partial charge in [-0.05, 0) is 18.3 Å². The van der Waals surface area contributed by atoms with Crippen molar-refractivity contribution in [1.29, 1.82) is 0 Å².